The van der Waals surface area contributed by atoms with Gasteiger partial charge in [-0.15, -0.1) is 5.10 Å². The lowest BCUT2D eigenvalue weighted by atomic mass is 10.1. The average molecular weight is 348 g/mol. The molecular weight excluding hydrogens is 334 g/mol. The lowest BCUT2D eigenvalue weighted by Gasteiger charge is -2.43. The van der Waals surface area contributed by atoms with Crippen molar-refractivity contribution in [2.45, 2.75) is 13.0 Å². The van der Waals surface area contributed by atoms with Crippen molar-refractivity contribution in [1.29, 1.82) is 0 Å². The van der Waals surface area contributed by atoms with Gasteiger partial charge in [-0.1, -0.05) is 11.6 Å². The summed E-state index contributed by atoms with van der Waals surface area (Å²) in [4.78, 5) is 27.6. The molecule has 0 unspecified atom stereocenters. The summed E-state index contributed by atoms with van der Waals surface area (Å²) in [5.41, 5.74) is 1.17. The molecule has 1 aliphatic heterocycles. The van der Waals surface area contributed by atoms with E-state index in [9.17, 15) is 4.79 Å². The van der Waals surface area contributed by atoms with Crippen molar-refractivity contribution in [3.63, 3.8) is 0 Å². The van der Waals surface area contributed by atoms with Crippen LogP contribution in [0.25, 0.3) is 16.7 Å². The number of aromatic nitrogens is 5. The van der Waals surface area contributed by atoms with Gasteiger partial charge in [-0.3, -0.25) is 0 Å². The second kappa shape index (κ2) is 5.17. The monoisotopic (exact) mass is 347 g/mol. The second-order valence-electron chi connectivity index (χ2n) is 5.78. The number of pyridine rings is 1. The van der Waals surface area contributed by atoms with Crippen LogP contribution in [0.4, 0.5) is 10.7 Å². The highest BCUT2D eigenvalue weighted by atomic mass is 35.5. The van der Waals surface area contributed by atoms with E-state index in [1.165, 1.54) is 11.1 Å². The fraction of sp³-hybridized carbons (Fsp3) is 0.357. The predicted octanol–water partition coefficient (Wildman–Crippen LogP) is 1.43. The minimum Gasteiger partial charge on any atom is -0.465 e. The summed E-state index contributed by atoms with van der Waals surface area (Å²) in [6.07, 6.45) is 0.599. The zero-order valence-electron chi connectivity index (χ0n) is 13.0. The number of hydrogen-bond donors (Lipinski definition) is 1. The summed E-state index contributed by atoms with van der Waals surface area (Å²) in [5, 5.41) is 14.7. The molecule has 4 rings (SSSR count). The summed E-state index contributed by atoms with van der Waals surface area (Å²) in [6, 6.07) is 1.69. The minimum atomic E-state index is -0.941. The van der Waals surface area contributed by atoms with Crippen LogP contribution < -0.4 is 4.90 Å². The van der Waals surface area contributed by atoms with Gasteiger partial charge in [0.1, 0.15) is 5.82 Å². The molecule has 3 aromatic heterocycles. The molecule has 1 amide bonds. The Morgan fingerprint density at radius 3 is 2.88 bits per heavy atom. The molecule has 0 radical (unpaired) electrons. The van der Waals surface area contributed by atoms with Crippen molar-refractivity contribution in [2.24, 2.45) is 0 Å². The van der Waals surface area contributed by atoms with Gasteiger partial charge in [0.2, 0.25) is 5.95 Å². The summed E-state index contributed by atoms with van der Waals surface area (Å²) in [6.45, 7) is 2.89. The number of hydrogen-bond acceptors (Lipinski definition) is 6. The molecule has 1 fully saturated rings. The molecule has 1 N–H and O–H groups in total. The molecule has 1 saturated heterocycles. The highest BCUT2D eigenvalue weighted by molar-refractivity contribution is 6.31. The Morgan fingerprint density at radius 2 is 2.17 bits per heavy atom. The summed E-state index contributed by atoms with van der Waals surface area (Å²) in [7, 11) is 1.57. The topological polar surface area (TPSA) is 99.8 Å². The molecule has 9 nitrogen and oxygen atoms in total. The highest BCUT2D eigenvalue weighted by Gasteiger charge is 2.35. The zero-order chi connectivity index (χ0) is 17.0. The van der Waals surface area contributed by atoms with Crippen molar-refractivity contribution in [2.75, 3.05) is 25.0 Å². The fourth-order valence-electron chi connectivity index (χ4n) is 2.78. The number of carbonyl (C=O) groups is 1. The van der Waals surface area contributed by atoms with E-state index in [4.69, 9.17) is 16.7 Å². The van der Waals surface area contributed by atoms with E-state index < -0.39 is 6.09 Å². The maximum absolute atomic E-state index is 11.0. The van der Waals surface area contributed by atoms with Gasteiger partial charge < -0.3 is 14.9 Å². The normalized spacial score (nSPS) is 15.0. The van der Waals surface area contributed by atoms with Crippen molar-refractivity contribution >= 4 is 40.3 Å². The number of halogens is 1. The van der Waals surface area contributed by atoms with E-state index in [0.29, 0.717) is 41.2 Å². The van der Waals surface area contributed by atoms with E-state index in [0.717, 1.165) is 5.39 Å². The molecule has 10 heteroatoms. The van der Waals surface area contributed by atoms with Crippen LogP contribution in [0.2, 0.25) is 5.02 Å². The first-order chi connectivity index (χ1) is 11.4. The zero-order valence-corrected chi connectivity index (χ0v) is 13.8. The van der Waals surface area contributed by atoms with Crippen molar-refractivity contribution < 1.29 is 9.90 Å². The lowest BCUT2D eigenvalue weighted by Crippen LogP contribution is -2.60. The first kappa shape index (κ1) is 14.9. The standard InChI is InChI=1S/C14H14ClN7O2/c1-7-17-12-10-3-8(15)4-16-11(10)18-13(22(12)19-7)21-5-9(6-21)20(2)14(23)24/h3-4,9H,5-6H2,1-2H3,(H,23,24). The minimum absolute atomic E-state index is 0.0714. The van der Waals surface area contributed by atoms with Crippen molar-refractivity contribution in [3.05, 3.63) is 23.1 Å². The Balaban J connectivity index is 1.78. The van der Waals surface area contributed by atoms with Gasteiger partial charge >= 0.3 is 6.09 Å². The van der Waals surface area contributed by atoms with Gasteiger partial charge in [-0.05, 0) is 13.0 Å². The van der Waals surface area contributed by atoms with Gasteiger partial charge in [-0.2, -0.15) is 9.50 Å². The van der Waals surface area contributed by atoms with Gasteiger partial charge in [0.15, 0.2) is 11.3 Å². The van der Waals surface area contributed by atoms with E-state index in [1.807, 2.05) is 4.90 Å². The van der Waals surface area contributed by atoms with Gasteiger partial charge in [0, 0.05) is 26.3 Å². The fourth-order valence-corrected chi connectivity index (χ4v) is 2.94. The van der Waals surface area contributed by atoms with Crippen molar-refractivity contribution in [1.82, 2.24) is 29.5 Å². The number of likely N-dealkylation sites (N-methyl/N-ethyl adjacent to an activating group) is 1. The summed E-state index contributed by atoms with van der Waals surface area (Å²) in [5.74, 6) is 1.22. The van der Waals surface area contributed by atoms with Crippen LogP contribution in [0.3, 0.4) is 0 Å². The third kappa shape index (κ3) is 2.20. The number of rotatable bonds is 2. The van der Waals surface area contributed by atoms with E-state index in [1.54, 1.807) is 24.6 Å². The van der Waals surface area contributed by atoms with Crippen LogP contribution in [0, 0.1) is 6.92 Å². The molecule has 0 spiro atoms. The smallest absolute Gasteiger partial charge is 0.407 e. The first-order valence-electron chi connectivity index (χ1n) is 7.33. The third-order valence-electron chi connectivity index (χ3n) is 4.18. The number of aryl methyl sites for hydroxylation is 1. The van der Waals surface area contributed by atoms with Crippen LogP contribution in [-0.4, -0.2) is 66.8 Å². The molecule has 24 heavy (non-hydrogen) atoms. The summed E-state index contributed by atoms with van der Waals surface area (Å²) < 4.78 is 1.66. The Morgan fingerprint density at radius 1 is 1.42 bits per heavy atom. The largest absolute Gasteiger partial charge is 0.465 e. The van der Waals surface area contributed by atoms with Crippen LogP contribution in [-0.2, 0) is 0 Å². The van der Waals surface area contributed by atoms with E-state index in [2.05, 4.69) is 20.1 Å². The molecule has 124 valence electrons. The Bertz CT molecular complexity index is 967. The van der Waals surface area contributed by atoms with Crippen LogP contribution in [0.15, 0.2) is 12.3 Å². The molecule has 0 aromatic carbocycles. The Hall–Kier alpha value is -2.68. The Kier molecular flexibility index (Phi) is 3.20. The lowest BCUT2D eigenvalue weighted by molar-refractivity contribution is 0.129. The Labute approximate surface area is 141 Å². The maximum atomic E-state index is 11.0. The van der Waals surface area contributed by atoms with Crippen LogP contribution >= 0.6 is 11.6 Å². The third-order valence-corrected chi connectivity index (χ3v) is 4.38. The average Bonchev–Trinajstić information content (AvgIpc) is 2.88. The highest BCUT2D eigenvalue weighted by Crippen LogP contribution is 2.27. The molecule has 3 aromatic rings. The second-order valence-corrected chi connectivity index (χ2v) is 6.22. The molecular formula is C14H14ClN7O2. The van der Waals surface area contributed by atoms with Crippen LogP contribution in [0.5, 0.6) is 0 Å². The first-order valence-corrected chi connectivity index (χ1v) is 7.71. The predicted molar refractivity (Wildman–Crippen MR) is 87.6 cm³/mol. The molecule has 0 saturated carbocycles. The van der Waals surface area contributed by atoms with E-state index in [-0.39, 0.29) is 6.04 Å². The van der Waals surface area contributed by atoms with Crippen LogP contribution in [0.1, 0.15) is 5.82 Å². The molecule has 0 bridgehead atoms. The summed E-state index contributed by atoms with van der Waals surface area (Å²) >= 11 is 6.03. The number of carboxylic acid groups (broad SMARTS) is 1. The number of nitrogens with zero attached hydrogens (tertiary/aromatic N) is 7. The van der Waals surface area contributed by atoms with Crippen molar-refractivity contribution in [3.8, 4) is 0 Å². The molecule has 1 aliphatic rings. The molecule has 0 atom stereocenters. The van der Waals surface area contributed by atoms with Gasteiger partial charge in [0.05, 0.1) is 16.5 Å². The quantitative estimate of drug-likeness (QED) is 0.748. The molecule has 4 heterocycles. The number of amides is 1. The van der Waals surface area contributed by atoms with Gasteiger partial charge in [-0.25, -0.2) is 14.8 Å². The van der Waals surface area contributed by atoms with E-state index >= 15 is 0 Å². The SMILES string of the molecule is Cc1nc2c3cc(Cl)cnc3nc(N3CC(N(C)C(=O)O)C3)n2n1. The number of fused-ring (bicyclic) bond motifs is 3. The number of anilines is 1. The van der Waals surface area contributed by atoms with Gasteiger partial charge in [0.25, 0.3) is 0 Å². The molecule has 0 aliphatic carbocycles. The maximum Gasteiger partial charge on any atom is 0.407 e.